The van der Waals surface area contributed by atoms with Gasteiger partial charge in [-0.15, -0.1) is 0 Å². The van der Waals surface area contributed by atoms with E-state index in [1.807, 2.05) is 6.07 Å². The van der Waals surface area contributed by atoms with Crippen LogP contribution in [0.5, 0.6) is 0 Å². The predicted molar refractivity (Wildman–Crippen MR) is 101 cm³/mol. The molecule has 1 unspecified atom stereocenters. The van der Waals surface area contributed by atoms with Crippen LogP contribution in [0.1, 0.15) is 18.4 Å². The first-order chi connectivity index (χ1) is 13.2. The first-order valence-corrected chi connectivity index (χ1v) is 9.27. The molecule has 0 bridgehead atoms. The van der Waals surface area contributed by atoms with Gasteiger partial charge in [-0.2, -0.15) is 4.98 Å². The summed E-state index contributed by atoms with van der Waals surface area (Å²) in [5, 5.41) is 13.7. The van der Waals surface area contributed by atoms with Gasteiger partial charge in [-0.1, -0.05) is 12.1 Å². The second-order valence-corrected chi connectivity index (χ2v) is 7.07. The molecule has 1 aliphatic rings. The van der Waals surface area contributed by atoms with Crippen LogP contribution < -0.4 is 5.32 Å². The van der Waals surface area contributed by atoms with Crippen molar-refractivity contribution < 1.29 is 13.9 Å². The lowest BCUT2D eigenvalue weighted by Gasteiger charge is -2.33. The van der Waals surface area contributed by atoms with Gasteiger partial charge in [0.1, 0.15) is 11.3 Å². The van der Waals surface area contributed by atoms with Crippen LogP contribution >= 0.6 is 0 Å². The maximum absolute atomic E-state index is 13.0. The number of rotatable bonds is 6. The molecule has 2 aromatic heterocycles. The van der Waals surface area contributed by atoms with Crippen molar-refractivity contribution in [1.29, 1.82) is 0 Å². The molecule has 1 fully saturated rings. The summed E-state index contributed by atoms with van der Waals surface area (Å²) in [5.41, 5.74) is 2.43. The zero-order valence-electron chi connectivity index (χ0n) is 15.0. The van der Waals surface area contributed by atoms with Crippen molar-refractivity contribution >= 4 is 17.1 Å². The molecule has 0 saturated carbocycles. The zero-order valence-corrected chi connectivity index (χ0v) is 15.0. The van der Waals surface area contributed by atoms with E-state index < -0.39 is 6.10 Å². The highest BCUT2D eigenvalue weighted by atomic mass is 19.1. The number of pyridine rings is 1. The summed E-state index contributed by atoms with van der Waals surface area (Å²) in [6.45, 7) is 2.43. The molecule has 3 aromatic rings. The number of β-amino-alcohol motifs (C(OH)–C–C–N with tert-alkyl or cyclic N) is 1. The Kier molecular flexibility index (Phi) is 5.31. The molecule has 27 heavy (non-hydrogen) atoms. The summed E-state index contributed by atoms with van der Waals surface area (Å²) in [7, 11) is 0. The Morgan fingerprint density at radius 3 is 2.74 bits per heavy atom. The Morgan fingerprint density at radius 1 is 1.22 bits per heavy atom. The molecular weight excluding hydrogens is 347 g/mol. The van der Waals surface area contributed by atoms with Crippen molar-refractivity contribution in [3.8, 4) is 0 Å². The van der Waals surface area contributed by atoms with Gasteiger partial charge in [-0.25, -0.2) is 4.39 Å². The van der Waals surface area contributed by atoms with Gasteiger partial charge in [0.15, 0.2) is 5.58 Å². The molecule has 0 radical (unpaired) electrons. The third-order valence-corrected chi connectivity index (χ3v) is 4.96. The maximum atomic E-state index is 13.0. The number of nitrogens with zero attached hydrogens (tertiary/aromatic N) is 3. The SMILES string of the molecule is OC(Cc1ccc(F)cc1)CN1CCC(Nc2nc3ccncc3o2)CC1. The number of aliphatic hydroxyl groups is 1. The normalized spacial score (nSPS) is 17.3. The van der Waals surface area contributed by atoms with E-state index in [0.29, 0.717) is 30.6 Å². The Hall–Kier alpha value is -2.51. The van der Waals surface area contributed by atoms with E-state index in [2.05, 4.69) is 20.2 Å². The average molecular weight is 370 g/mol. The zero-order chi connectivity index (χ0) is 18.6. The molecular formula is C20H23FN4O2. The van der Waals surface area contributed by atoms with E-state index in [9.17, 15) is 9.50 Å². The molecule has 1 saturated heterocycles. The number of anilines is 1. The first-order valence-electron chi connectivity index (χ1n) is 9.27. The van der Waals surface area contributed by atoms with Gasteiger partial charge in [0, 0.05) is 31.9 Å². The summed E-state index contributed by atoms with van der Waals surface area (Å²) < 4.78 is 18.6. The lowest BCUT2D eigenvalue weighted by Crippen LogP contribution is -2.42. The number of halogens is 1. The number of hydrogen-bond acceptors (Lipinski definition) is 6. The fourth-order valence-electron chi connectivity index (χ4n) is 3.53. The van der Waals surface area contributed by atoms with Crippen molar-refractivity contribution in [2.75, 3.05) is 25.0 Å². The fourth-order valence-corrected chi connectivity index (χ4v) is 3.53. The van der Waals surface area contributed by atoms with Gasteiger partial charge in [0.05, 0.1) is 12.3 Å². The minimum Gasteiger partial charge on any atom is -0.422 e. The van der Waals surface area contributed by atoms with Gasteiger partial charge in [-0.05, 0) is 43.0 Å². The third kappa shape index (κ3) is 4.61. The van der Waals surface area contributed by atoms with Gasteiger partial charge >= 0.3 is 0 Å². The number of nitrogens with one attached hydrogen (secondary N) is 1. The summed E-state index contributed by atoms with van der Waals surface area (Å²) in [4.78, 5) is 10.7. The fraction of sp³-hybridized carbons (Fsp3) is 0.400. The van der Waals surface area contributed by atoms with Crippen LogP contribution in [0.15, 0.2) is 47.1 Å². The van der Waals surface area contributed by atoms with Gasteiger partial charge < -0.3 is 19.7 Å². The van der Waals surface area contributed by atoms with E-state index in [-0.39, 0.29) is 5.82 Å². The van der Waals surface area contributed by atoms with E-state index in [0.717, 1.165) is 37.0 Å². The molecule has 3 heterocycles. The number of likely N-dealkylation sites (tertiary alicyclic amines) is 1. The topological polar surface area (TPSA) is 74.4 Å². The minimum absolute atomic E-state index is 0.252. The second-order valence-electron chi connectivity index (χ2n) is 7.07. The number of fused-ring (bicyclic) bond motifs is 1. The second kappa shape index (κ2) is 8.02. The maximum Gasteiger partial charge on any atom is 0.295 e. The van der Waals surface area contributed by atoms with Crippen molar-refractivity contribution in [3.63, 3.8) is 0 Å². The number of hydrogen-bond donors (Lipinski definition) is 2. The molecule has 6 nitrogen and oxygen atoms in total. The molecule has 0 spiro atoms. The average Bonchev–Trinajstić information content (AvgIpc) is 3.07. The molecule has 0 aliphatic carbocycles. The first kappa shape index (κ1) is 17.9. The lowest BCUT2D eigenvalue weighted by atomic mass is 10.0. The molecule has 1 aliphatic heterocycles. The Balaban J connectivity index is 1.24. The quantitative estimate of drug-likeness (QED) is 0.695. The summed E-state index contributed by atoms with van der Waals surface area (Å²) in [5.74, 6) is -0.252. The van der Waals surface area contributed by atoms with Crippen LogP contribution in [0, 0.1) is 5.82 Å². The number of oxazole rings is 1. The van der Waals surface area contributed by atoms with E-state index in [1.54, 1.807) is 24.5 Å². The van der Waals surface area contributed by atoms with Gasteiger partial charge in [0.25, 0.3) is 6.01 Å². The van der Waals surface area contributed by atoms with Crippen LogP contribution in [-0.4, -0.2) is 51.8 Å². The van der Waals surface area contributed by atoms with Crippen molar-refractivity contribution in [3.05, 3.63) is 54.1 Å². The minimum atomic E-state index is -0.454. The highest BCUT2D eigenvalue weighted by molar-refractivity contribution is 5.72. The Morgan fingerprint density at radius 2 is 2.00 bits per heavy atom. The molecule has 1 aromatic carbocycles. The summed E-state index contributed by atoms with van der Waals surface area (Å²) in [6.07, 6.45) is 5.36. The standard InChI is InChI=1S/C20H23FN4O2/c21-15-3-1-14(2-4-15)11-17(26)13-25-9-6-16(7-10-25)23-20-24-18-5-8-22-12-19(18)27-20/h1-5,8,12,16-17,26H,6-7,9-11,13H2,(H,23,24). The van der Waals surface area contributed by atoms with E-state index >= 15 is 0 Å². The third-order valence-electron chi connectivity index (χ3n) is 4.96. The van der Waals surface area contributed by atoms with E-state index in [4.69, 9.17) is 4.42 Å². The van der Waals surface area contributed by atoms with Crippen LogP contribution in [0.3, 0.4) is 0 Å². The van der Waals surface area contributed by atoms with Crippen LogP contribution in [-0.2, 0) is 6.42 Å². The summed E-state index contributed by atoms with van der Waals surface area (Å²) >= 11 is 0. The van der Waals surface area contributed by atoms with Crippen molar-refractivity contribution in [2.45, 2.75) is 31.4 Å². The largest absolute Gasteiger partial charge is 0.422 e. The van der Waals surface area contributed by atoms with Crippen LogP contribution in [0.2, 0.25) is 0 Å². The predicted octanol–water partition coefficient (Wildman–Crippen LogP) is 2.84. The number of benzene rings is 1. The van der Waals surface area contributed by atoms with E-state index in [1.165, 1.54) is 12.1 Å². The van der Waals surface area contributed by atoms with Gasteiger partial charge in [0.2, 0.25) is 0 Å². The molecule has 4 rings (SSSR count). The Labute approximate surface area is 157 Å². The molecule has 1 atom stereocenters. The Bertz CT molecular complexity index is 842. The van der Waals surface area contributed by atoms with Gasteiger partial charge in [-0.3, -0.25) is 4.98 Å². The molecule has 0 amide bonds. The number of aliphatic hydroxyl groups excluding tert-OH is 1. The lowest BCUT2D eigenvalue weighted by molar-refractivity contribution is 0.0988. The summed E-state index contributed by atoms with van der Waals surface area (Å²) in [6, 6.07) is 8.98. The van der Waals surface area contributed by atoms with Crippen molar-refractivity contribution in [1.82, 2.24) is 14.9 Å². The number of piperidine rings is 1. The van der Waals surface area contributed by atoms with Crippen molar-refractivity contribution in [2.24, 2.45) is 0 Å². The highest BCUT2D eigenvalue weighted by Gasteiger charge is 2.22. The van der Waals surface area contributed by atoms with Crippen LogP contribution in [0.4, 0.5) is 10.4 Å². The van der Waals surface area contributed by atoms with Crippen LogP contribution in [0.25, 0.3) is 11.1 Å². The smallest absolute Gasteiger partial charge is 0.295 e. The highest BCUT2D eigenvalue weighted by Crippen LogP contribution is 2.21. The number of aromatic nitrogens is 2. The molecule has 142 valence electrons. The molecule has 2 N–H and O–H groups in total. The monoisotopic (exact) mass is 370 g/mol. The molecule has 7 heteroatoms.